The molecule has 0 amide bonds. The van der Waals surface area contributed by atoms with Crippen LogP contribution in [0.1, 0.15) is 0 Å². The minimum absolute atomic E-state index is 0.500. The average molecular weight is 141 g/mol. The van der Waals surface area contributed by atoms with Gasteiger partial charge in [0.15, 0.2) is 0 Å². The van der Waals surface area contributed by atoms with Gasteiger partial charge in [-0.05, 0) is 6.08 Å². The van der Waals surface area contributed by atoms with Gasteiger partial charge in [-0.25, -0.2) is 0 Å². The summed E-state index contributed by atoms with van der Waals surface area (Å²) in [7, 11) is 0. The van der Waals surface area contributed by atoms with Crippen molar-refractivity contribution in [2.75, 3.05) is 6.54 Å². The molecule has 1 heterocycles. The molecule has 0 aromatic heterocycles. The maximum absolute atomic E-state index is 9.80. The van der Waals surface area contributed by atoms with Crippen molar-refractivity contribution >= 4 is 0 Å². The molecule has 1 N–H and O–H groups in total. The van der Waals surface area contributed by atoms with Crippen molar-refractivity contribution in [1.29, 1.82) is 0 Å². The van der Waals surface area contributed by atoms with Gasteiger partial charge in [0.05, 0.1) is 17.7 Å². The lowest BCUT2D eigenvalue weighted by Gasteiger charge is -2.09. The van der Waals surface area contributed by atoms with Gasteiger partial charge in [0.1, 0.15) is 0 Å². The van der Waals surface area contributed by atoms with E-state index in [1.807, 2.05) is 6.08 Å². The van der Waals surface area contributed by atoms with Crippen molar-refractivity contribution in [2.24, 2.45) is 0 Å². The molecule has 10 heavy (non-hydrogen) atoms. The van der Waals surface area contributed by atoms with Crippen LogP contribution in [0.15, 0.2) is 24.7 Å². The fraction of sp³-hybridized carbons (Fsp3) is 0.200. The van der Waals surface area contributed by atoms with Gasteiger partial charge >= 0.3 is 0 Å². The van der Waals surface area contributed by atoms with E-state index in [1.54, 1.807) is 11.2 Å². The van der Waals surface area contributed by atoms with Crippen molar-refractivity contribution in [3.8, 4) is 0 Å². The van der Waals surface area contributed by atoms with Crippen LogP contribution in [0.4, 0.5) is 0 Å². The van der Waals surface area contributed by atoms with E-state index in [1.165, 1.54) is 6.20 Å². The van der Waals surface area contributed by atoms with E-state index in [2.05, 4.69) is 5.43 Å². The number of nitro groups is 1. The highest BCUT2D eigenvalue weighted by Gasteiger charge is 1.99. The Morgan fingerprint density at radius 3 is 3.10 bits per heavy atom. The molecule has 0 unspecified atom stereocenters. The molecule has 0 atom stereocenters. The molecule has 0 bridgehead atoms. The number of nitrogens with zero attached hydrogens (tertiary/aromatic N) is 2. The Bertz CT molecular complexity index is 179. The Morgan fingerprint density at radius 1 is 1.80 bits per heavy atom. The molecule has 0 saturated carbocycles. The molecular formula is C5H7N3O2. The first-order chi connectivity index (χ1) is 4.79. The van der Waals surface area contributed by atoms with Crippen LogP contribution in [0.5, 0.6) is 0 Å². The molecule has 0 saturated heterocycles. The number of hydrogen-bond acceptors (Lipinski definition) is 4. The van der Waals surface area contributed by atoms with Crippen molar-refractivity contribution in [3.05, 3.63) is 34.8 Å². The predicted octanol–water partition coefficient (Wildman–Crippen LogP) is 0.0682. The van der Waals surface area contributed by atoms with Crippen LogP contribution in [0.3, 0.4) is 0 Å². The largest absolute Gasteiger partial charge is 0.306 e. The first kappa shape index (κ1) is 6.60. The molecule has 0 aliphatic carbocycles. The lowest BCUT2D eigenvalue weighted by atomic mass is 10.6. The van der Waals surface area contributed by atoms with Crippen LogP contribution in [-0.2, 0) is 0 Å². The Hall–Kier alpha value is -1.52. The van der Waals surface area contributed by atoms with E-state index < -0.39 is 4.92 Å². The Morgan fingerprint density at radius 2 is 2.60 bits per heavy atom. The van der Waals surface area contributed by atoms with E-state index in [0.717, 1.165) is 6.20 Å². The monoisotopic (exact) mass is 141 g/mol. The van der Waals surface area contributed by atoms with E-state index >= 15 is 0 Å². The minimum atomic E-state index is -0.500. The second kappa shape index (κ2) is 2.86. The fourth-order valence-corrected chi connectivity index (χ4v) is 0.606. The lowest BCUT2D eigenvalue weighted by Crippen LogP contribution is -2.23. The van der Waals surface area contributed by atoms with Gasteiger partial charge in [-0.2, -0.15) is 0 Å². The molecular weight excluding hydrogens is 134 g/mol. The van der Waals surface area contributed by atoms with Crippen LogP contribution in [-0.4, -0.2) is 16.5 Å². The van der Waals surface area contributed by atoms with Crippen LogP contribution in [0.2, 0.25) is 0 Å². The summed E-state index contributed by atoms with van der Waals surface area (Å²) < 4.78 is 0. The summed E-state index contributed by atoms with van der Waals surface area (Å²) in [6.45, 7) is 0.671. The SMILES string of the molecule is O=[N+]([O-])C=CN1CC=CN1. The molecule has 0 radical (unpaired) electrons. The van der Waals surface area contributed by atoms with E-state index in [-0.39, 0.29) is 0 Å². The zero-order valence-corrected chi connectivity index (χ0v) is 5.23. The average Bonchev–Trinajstić information content (AvgIpc) is 2.34. The van der Waals surface area contributed by atoms with Gasteiger partial charge in [-0.1, -0.05) is 0 Å². The third kappa shape index (κ3) is 1.77. The molecule has 0 aromatic carbocycles. The Labute approximate surface area is 57.7 Å². The number of hydrazine groups is 1. The molecule has 0 spiro atoms. The first-order valence-corrected chi connectivity index (χ1v) is 2.78. The van der Waals surface area contributed by atoms with Gasteiger partial charge in [-0.15, -0.1) is 0 Å². The van der Waals surface area contributed by atoms with Gasteiger partial charge in [0, 0.05) is 6.20 Å². The number of hydrogen-bond donors (Lipinski definition) is 1. The van der Waals surface area contributed by atoms with Crippen molar-refractivity contribution in [2.45, 2.75) is 0 Å². The highest BCUT2D eigenvalue weighted by Crippen LogP contribution is 1.91. The fourth-order valence-electron chi connectivity index (χ4n) is 0.606. The molecule has 0 fully saturated rings. The lowest BCUT2D eigenvalue weighted by molar-refractivity contribution is -0.403. The van der Waals surface area contributed by atoms with Gasteiger partial charge in [0.2, 0.25) is 0 Å². The molecule has 1 rings (SSSR count). The first-order valence-electron chi connectivity index (χ1n) is 2.78. The molecule has 5 heteroatoms. The predicted molar refractivity (Wildman–Crippen MR) is 35.1 cm³/mol. The highest BCUT2D eigenvalue weighted by atomic mass is 16.6. The third-order valence-electron chi connectivity index (χ3n) is 1.03. The van der Waals surface area contributed by atoms with Gasteiger partial charge in [0.25, 0.3) is 6.20 Å². The van der Waals surface area contributed by atoms with Crippen LogP contribution in [0, 0.1) is 10.1 Å². The maximum Gasteiger partial charge on any atom is 0.252 e. The smallest absolute Gasteiger partial charge is 0.252 e. The quantitative estimate of drug-likeness (QED) is 0.436. The molecule has 1 aliphatic heterocycles. The summed E-state index contributed by atoms with van der Waals surface area (Å²) in [6.07, 6.45) is 5.86. The third-order valence-corrected chi connectivity index (χ3v) is 1.03. The van der Waals surface area contributed by atoms with E-state index in [4.69, 9.17) is 0 Å². The highest BCUT2D eigenvalue weighted by molar-refractivity contribution is 4.92. The minimum Gasteiger partial charge on any atom is -0.306 e. The topological polar surface area (TPSA) is 58.4 Å². The Kier molecular flexibility index (Phi) is 1.89. The summed E-state index contributed by atoms with van der Waals surface area (Å²) >= 11 is 0. The van der Waals surface area contributed by atoms with Gasteiger partial charge < -0.3 is 5.43 Å². The van der Waals surface area contributed by atoms with Crippen molar-refractivity contribution in [1.82, 2.24) is 10.4 Å². The van der Waals surface area contributed by atoms with Crippen molar-refractivity contribution < 1.29 is 4.92 Å². The van der Waals surface area contributed by atoms with E-state index in [0.29, 0.717) is 6.54 Å². The molecule has 5 nitrogen and oxygen atoms in total. The molecule has 0 aromatic rings. The second-order valence-electron chi connectivity index (χ2n) is 1.77. The zero-order chi connectivity index (χ0) is 7.40. The normalized spacial score (nSPS) is 16.2. The molecule has 1 aliphatic rings. The second-order valence-corrected chi connectivity index (χ2v) is 1.77. The summed E-state index contributed by atoms with van der Waals surface area (Å²) in [6, 6.07) is 0. The van der Waals surface area contributed by atoms with E-state index in [9.17, 15) is 10.1 Å². The number of rotatable bonds is 2. The summed E-state index contributed by atoms with van der Waals surface area (Å²) in [5.74, 6) is 0. The Balaban J connectivity index is 2.32. The van der Waals surface area contributed by atoms with Crippen molar-refractivity contribution in [3.63, 3.8) is 0 Å². The van der Waals surface area contributed by atoms with Crippen LogP contribution in [0.25, 0.3) is 0 Å². The van der Waals surface area contributed by atoms with Gasteiger partial charge in [-0.3, -0.25) is 15.1 Å². The van der Waals surface area contributed by atoms with Crippen LogP contribution < -0.4 is 5.43 Å². The molecule has 54 valence electrons. The maximum atomic E-state index is 9.80. The summed E-state index contributed by atoms with van der Waals surface area (Å²) in [5, 5.41) is 11.4. The summed E-state index contributed by atoms with van der Waals surface area (Å²) in [4.78, 5) is 9.30. The number of nitrogens with one attached hydrogen (secondary N) is 1. The van der Waals surface area contributed by atoms with Crippen LogP contribution >= 0.6 is 0 Å². The standard InChI is InChI=1S/C5H7N3O2/c9-8(10)5-4-7-3-1-2-6-7/h1-2,4-6H,3H2. The zero-order valence-electron chi connectivity index (χ0n) is 5.23. The summed E-state index contributed by atoms with van der Waals surface area (Å²) in [5.41, 5.74) is 2.77.